The minimum atomic E-state index is -0.193. The summed E-state index contributed by atoms with van der Waals surface area (Å²) in [5, 5.41) is 4.24. The Bertz CT molecular complexity index is 951. The minimum absolute atomic E-state index is 0.193. The summed E-state index contributed by atoms with van der Waals surface area (Å²) in [6, 6.07) is 9.60. The van der Waals surface area contributed by atoms with E-state index >= 15 is 0 Å². The van der Waals surface area contributed by atoms with Crippen molar-refractivity contribution in [1.82, 2.24) is 14.2 Å². The molecule has 0 spiro atoms. The summed E-state index contributed by atoms with van der Waals surface area (Å²) in [7, 11) is 1.81. The topological polar surface area (TPSA) is 52.2 Å². The molecule has 2 aromatic heterocycles. The molecule has 0 aliphatic rings. The van der Waals surface area contributed by atoms with Gasteiger partial charge in [-0.1, -0.05) is 41.7 Å². The van der Waals surface area contributed by atoms with E-state index in [1.165, 1.54) is 16.0 Å². The minimum Gasteiger partial charge on any atom is -0.311 e. The molecule has 0 saturated heterocycles. The van der Waals surface area contributed by atoms with Crippen LogP contribution in [0.2, 0.25) is 0 Å². The number of nitrogens with zero attached hydrogens (tertiary/aromatic N) is 4. The van der Waals surface area contributed by atoms with E-state index in [0.717, 1.165) is 5.56 Å². The lowest BCUT2D eigenvalue weighted by atomic mass is 10.2. The Morgan fingerprint density at radius 1 is 1.33 bits per heavy atom. The van der Waals surface area contributed by atoms with E-state index < -0.39 is 0 Å². The zero-order chi connectivity index (χ0) is 15.0. The van der Waals surface area contributed by atoms with Crippen LogP contribution in [0, 0.1) is 10.9 Å². The largest absolute Gasteiger partial charge is 0.311 e. The lowest BCUT2D eigenvalue weighted by molar-refractivity contribution is 0.764. The number of hydrogen-bond donors (Lipinski definition) is 0. The maximum atomic E-state index is 12.5. The van der Waals surface area contributed by atoms with E-state index in [4.69, 9.17) is 12.2 Å². The van der Waals surface area contributed by atoms with Gasteiger partial charge < -0.3 is 4.57 Å². The van der Waals surface area contributed by atoms with Crippen LogP contribution in [0.4, 0.5) is 0 Å². The average molecular weight is 316 g/mol. The van der Waals surface area contributed by atoms with Crippen molar-refractivity contribution in [2.45, 2.75) is 6.92 Å². The first-order valence-corrected chi connectivity index (χ1v) is 7.49. The first kappa shape index (κ1) is 13.8. The fraction of sp³-hybridized carbons (Fsp3) is 0.143. The Labute approximate surface area is 129 Å². The third-order valence-corrected chi connectivity index (χ3v) is 4.60. The molecule has 5 nitrogen and oxygen atoms in total. The fourth-order valence-electron chi connectivity index (χ4n) is 1.95. The third kappa shape index (κ3) is 2.45. The zero-order valence-corrected chi connectivity index (χ0v) is 13.1. The van der Waals surface area contributed by atoms with E-state index in [-0.39, 0.29) is 5.56 Å². The molecule has 21 heavy (non-hydrogen) atoms. The predicted molar refractivity (Wildman–Crippen MR) is 87.9 cm³/mol. The zero-order valence-electron chi connectivity index (χ0n) is 11.5. The molecule has 0 unspecified atom stereocenters. The highest BCUT2D eigenvalue weighted by atomic mass is 32.1. The van der Waals surface area contributed by atoms with Gasteiger partial charge in [-0.3, -0.25) is 4.79 Å². The van der Waals surface area contributed by atoms with Crippen molar-refractivity contribution >= 4 is 40.1 Å². The maximum absolute atomic E-state index is 12.5. The summed E-state index contributed by atoms with van der Waals surface area (Å²) in [5.41, 5.74) is 1.34. The molecule has 0 aliphatic heterocycles. The summed E-state index contributed by atoms with van der Waals surface area (Å²) < 4.78 is 4.20. The molecule has 0 atom stereocenters. The Kier molecular flexibility index (Phi) is 3.52. The number of aromatic nitrogens is 3. The molecule has 0 N–H and O–H groups in total. The van der Waals surface area contributed by atoms with Crippen LogP contribution in [-0.4, -0.2) is 20.4 Å². The molecule has 7 heteroatoms. The van der Waals surface area contributed by atoms with Gasteiger partial charge in [0.15, 0.2) is 9.60 Å². The molecule has 1 aromatic carbocycles. The Morgan fingerprint density at radius 2 is 2.05 bits per heavy atom. The number of benzene rings is 1. The van der Waals surface area contributed by atoms with Crippen LogP contribution in [0.5, 0.6) is 0 Å². The van der Waals surface area contributed by atoms with Crippen LogP contribution < -0.4 is 5.56 Å². The molecule has 0 fully saturated rings. The van der Waals surface area contributed by atoms with Gasteiger partial charge in [-0.2, -0.15) is 9.78 Å². The van der Waals surface area contributed by atoms with E-state index in [9.17, 15) is 4.79 Å². The second-order valence-corrected chi connectivity index (χ2v) is 6.16. The van der Waals surface area contributed by atoms with Gasteiger partial charge in [-0.15, -0.1) is 0 Å². The Balaban J connectivity index is 2.18. The Morgan fingerprint density at radius 3 is 2.76 bits per heavy atom. The monoisotopic (exact) mass is 316 g/mol. The average Bonchev–Trinajstić information content (AvgIpc) is 2.76. The second-order valence-electron chi connectivity index (χ2n) is 4.51. The highest BCUT2D eigenvalue weighted by Gasteiger charge is 2.12. The van der Waals surface area contributed by atoms with Gasteiger partial charge in [0.2, 0.25) is 0 Å². The van der Waals surface area contributed by atoms with Crippen molar-refractivity contribution < 1.29 is 0 Å². The number of aryl methyl sites for hydroxylation is 2. The van der Waals surface area contributed by atoms with Crippen molar-refractivity contribution in [2.75, 3.05) is 0 Å². The van der Waals surface area contributed by atoms with Gasteiger partial charge in [0.25, 0.3) is 5.56 Å². The van der Waals surface area contributed by atoms with E-state index in [0.29, 0.717) is 20.1 Å². The highest BCUT2D eigenvalue weighted by Crippen LogP contribution is 2.16. The van der Waals surface area contributed by atoms with Gasteiger partial charge in [0.1, 0.15) is 10.5 Å². The van der Waals surface area contributed by atoms with Crippen LogP contribution in [-0.2, 0) is 7.05 Å². The summed E-state index contributed by atoms with van der Waals surface area (Å²) in [5.74, 6) is 0.531. The molecule has 0 aliphatic carbocycles. The van der Waals surface area contributed by atoms with Crippen LogP contribution in [0.1, 0.15) is 11.4 Å². The summed E-state index contributed by atoms with van der Waals surface area (Å²) in [6.45, 7) is 1.75. The number of thiazole rings is 1. The molecule has 3 aromatic rings. The first-order valence-electron chi connectivity index (χ1n) is 6.26. The van der Waals surface area contributed by atoms with Gasteiger partial charge in [-0.05, 0) is 24.7 Å². The lowest BCUT2D eigenvalue weighted by Crippen LogP contribution is -2.20. The van der Waals surface area contributed by atoms with E-state index in [2.05, 4.69) is 10.1 Å². The lowest BCUT2D eigenvalue weighted by Gasteiger charge is -2.03. The van der Waals surface area contributed by atoms with Crippen molar-refractivity contribution in [2.24, 2.45) is 12.1 Å². The predicted octanol–water partition coefficient (Wildman–Crippen LogP) is 2.72. The molecule has 2 heterocycles. The SMILES string of the molecule is Cc1nc2c(sc(=S)n2C)c(=O)n1N=Cc1ccccc1. The smallest absolute Gasteiger partial charge is 0.293 e. The van der Waals surface area contributed by atoms with Crippen LogP contribution in [0.25, 0.3) is 10.3 Å². The van der Waals surface area contributed by atoms with Gasteiger partial charge in [0.05, 0.1) is 6.21 Å². The van der Waals surface area contributed by atoms with Crippen LogP contribution in [0.15, 0.2) is 40.2 Å². The molecule has 0 amide bonds. The number of fused-ring (bicyclic) bond motifs is 1. The van der Waals surface area contributed by atoms with Crippen molar-refractivity contribution in [3.63, 3.8) is 0 Å². The standard InChI is InChI=1S/C14H12N4OS2/c1-9-16-12-11(21-14(20)17(12)2)13(19)18(9)15-8-10-6-4-3-5-7-10/h3-8H,1-2H3. The normalized spacial score (nSPS) is 11.5. The Hall–Kier alpha value is -2.12. The third-order valence-electron chi connectivity index (χ3n) is 3.07. The van der Waals surface area contributed by atoms with Crippen molar-refractivity contribution in [3.05, 3.63) is 56.0 Å². The van der Waals surface area contributed by atoms with Gasteiger partial charge >= 0.3 is 0 Å². The van der Waals surface area contributed by atoms with Gasteiger partial charge in [-0.25, -0.2) is 4.98 Å². The molecule has 3 rings (SSSR count). The molecule has 0 saturated carbocycles. The summed E-state index contributed by atoms with van der Waals surface area (Å²) >= 11 is 6.45. The van der Waals surface area contributed by atoms with Crippen molar-refractivity contribution in [3.8, 4) is 0 Å². The fourth-order valence-corrected chi connectivity index (χ4v) is 3.13. The molecule has 0 radical (unpaired) electrons. The summed E-state index contributed by atoms with van der Waals surface area (Å²) in [6.07, 6.45) is 1.64. The van der Waals surface area contributed by atoms with Crippen LogP contribution >= 0.6 is 23.6 Å². The number of hydrogen-bond acceptors (Lipinski definition) is 5. The second kappa shape index (κ2) is 5.34. The quantitative estimate of drug-likeness (QED) is 0.539. The van der Waals surface area contributed by atoms with E-state index in [1.54, 1.807) is 17.7 Å². The van der Waals surface area contributed by atoms with Crippen molar-refractivity contribution in [1.29, 1.82) is 0 Å². The number of rotatable bonds is 2. The van der Waals surface area contributed by atoms with Gasteiger partial charge in [0, 0.05) is 7.05 Å². The molecular formula is C14H12N4OS2. The molecule has 106 valence electrons. The first-order chi connectivity index (χ1) is 10.1. The van der Waals surface area contributed by atoms with E-state index in [1.807, 2.05) is 37.4 Å². The summed E-state index contributed by atoms with van der Waals surface area (Å²) in [4.78, 5) is 16.9. The van der Waals surface area contributed by atoms with Crippen LogP contribution in [0.3, 0.4) is 0 Å². The molecule has 0 bridgehead atoms. The highest BCUT2D eigenvalue weighted by molar-refractivity contribution is 7.73. The molecular weight excluding hydrogens is 304 g/mol. The maximum Gasteiger partial charge on any atom is 0.293 e.